The summed E-state index contributed by atoms with van der Waals surface area (Å²) >= 11 is 0. The van der Waals surface area contributed by atoms with Crippen LogP contribution in [0.15, 0.2) is 36.4 Å². The van der Waals surface area contributed by atoms with Gasteiger partial charge in [0.25, 0.3) is 5.69 Å². The zero-order chi connectivity index (χ0) is 15.0. The number of hydrogen-bond donors (Lipinski definition) is 1. The molecule has 3 rings (SSSR count). The lowest BCUT2D eigenvalue weighted by Gasteiger charge is -2.20. The number of benzene rings is 2. The van der Waals surface area contributed by atoms with Crippen molar-refractivity contribution in [3.8, 4) is 0 Å². The first kappa shape index (κ1) is 13.4. The predicted octanol–water partition coefficient (Wildman–Crippen LogP) is 3.47. The lowest BCUT2D eigenvalue weighted by atomic mass is 10.1. The molecule has 0 aliphatic carbocycles. The Kier molecular flexibility index (Phi) is 3.21. The molecule has 0 fully saturated rings. The molecule has 0 amide bonds. The molecular weight excluding hydrogens is 273 g/mol. The van der Waals surface area contributed by atoms with Crippen LogP contribution in [0.4, 0.5) is 27.1 Å². The van der Waals surface area contributed by atoms with Gasteiger partial charge >= 0.3 is 0 Å². The van der Waals surface area contributed by atoms with Gasteiger partial charge in [0, 0.05) is 37.1 Å². The van der Waals surface area contributed by atoms with Crippen LogP contribution in [0.2, 0.25) is 0 Å². The van der Waals surface area contributed by atoms with Crippen molar-refractivity contribution in [2.75, 3.05) is 23.8 Å². The van der Waals surface area contributed by atoms with Crippen LogP contribution in [0.1, 0.15) is 5.56 Å². The number of non-ortho nitro benzene ring substituents is 1. The summed E-state index contributed by atoms with van der Waals surface area (Å²) in [6.45, 7) is 0.684. The summed E-state index contributed by atoms with van der Waals surface area (Å²) in [4.78, 5) is 12.5. The minimum Gasteiger partial charge on any atom is -0.388 e. The Bertz CT molecular complexity index is 718. The van der Waals surface area contributed by atoms with Gasteiger partial charge in [0.2, 0.25) is 0 Å². The molecule has 5 nitrogen and oxygen atoms in total. The summed E-state index contributed by atoms with van der Waals surface area (Å²) in [5.74, 6) is -0.306. The fourth-order valence-corrected chi connectivity index (χ4v) is 2.62. The zero-order valence-electron chi connectivity index (χ0n) is 11.5. The fraction of sp³-hybridized carbons (Fsp3) is 0.200. The van der Waals surface area contributed by atoms with Crippen LogP contribution >= 0.6 is 0 Å². The van der Waals surface area contributed by atoms with Crippen LogP contribution in [-0.2, 0) is 6.42 Å². The molecule has 1 aliphatic heterocycles. The molecule has 0 aromatic heterocycles. The van der Waals surface area contributed by atoms with Crippen molar-refractivity contribution in [2.24, 2.45) is 0 Å². The third-order valence-corrected chi connectivity index (χ3v) is 3.66. The van der Waals surface area contributed by atoms with Crippen molar-refractivity contribution in [2.45, 2.75) is 6.42 Å². The van der Waals surface area contributed by atoms with E-state index in [1.807, 2.05) is 11.0 Å². The van der Waals surface area contributed by atoms with Gasteiger partial charge in [0.15, 0.2) is 0 Å². The van der Waals surface area contributed by atoms with Gasteiger partial charge in [-0.2, -0.15) is 0 Å². The second-order valence-electron chi connectivity index (χ2n) is 4.92. The fourth-order valence-electron chi connectivity index (χ4n) is 2.62. The Morgan fingerprint density at radius 1 is 1.29 bits per heavy atom. The van der Waals surface area contributed by atoms with Gasteiger partial charge in [-0.1, -0.05) is 6.07 Å². The summed E-state index contributed by atoms with van der Waals surface area (Å²) in [5, 5.41) is 14.0. The van der Waals surface area contributed by atoms with E-state index in [0.717, 1.165) is 17.7 Å². The van der Waals surface area contributed by atoms with Crippen molar-refractivity contribution in [1.82, 2.24) is 0 Å². The van der Waals surface area contributed by atoms with E-state index in [2.05, 4.69) is 5.32 Å². The molecule has 0 spiro atoms. The Balaban J connectivity index is 2.08. The molecule has 0 atom stereocenters. The minimum atomic E-state index is -0.424. The number of nitro groups is 1. The van der Waals surface area contributed by atoms with Crippen LogP contribution < -0.4 is 10.2 Å². The Hall–Kier alpha value is -2.63. The summed E-state index contributed by atoms with van der Waals surface area (Å²) in [5.41, 5.74) is 3.19. The minimum absolute atomic E-state index is 0.0155. The van der Waals surface area contributed by atoms with E-state index >= 15 is 0 Å². The van der Waals surface area contributed by atoms with E-state index < -0.39 is 4.92 Å². The zero-order valence-corrected chi connectivity index (χ0v) is 11.5. The number of nitro benzene ring substituents is 1. The molecule has 21 heavy (non-hydrogen) atoms. The maximum atomic E-state index is 13.5. The number of nitrogens with zero attached hydrogens (tertiary/aromatic N) is 2. The monoisotopic (exact) mass is 287 g/mol. The molecule has 0 saturated heterocycles. The van der Waals surface area contributed by atoms with E-state index in [0.29, 0.717) is 17.9 Å². The second-order valence-corrected chi connectivity index (χ2v) is 4.92. The van der Waals surface area contributed by atoms with E-state index in [1.54, 1.807) is 13.1 Å². The molecule has 1 heterocycles. The quantitative estimate of drug-likeness (QED) is 0.693. The average Bonchev–Trinajstić information content (AvgIpc) is 2.89. The van der Waals surface area contributed by atoms with Crippen LogP contribution in [0, 0.1) is 15.9 Å². The molecule has 0 saturated carbocycles. The maximum Gasteiger partial charge on any atom is 0.273 e. The number of halogens is 1. The van der Waals surface area contributed by atoms with Crippen LogP contribution in [0.3, 0.4) is 0 Å². The number of nitrogens with one attached hydrogen (secondary N) is 1. The van der Waals surface area contributed by atoms with E-state index in [-0.39, 0.29) is 11.5 Å². The van der Waals surface area contributed by atoms with E-state index in [9.17, 15) is 14.5 Å². The summed E-state index contributed by atoms with van der Waals surface area (Å²) in [7, 11) is 1.71. The van der Waals surface area contributed by atoms with Crippen molar-refractivity contribution < 1.29 is 9.31 Å². The molecule has 2 aromatic rings. The normalized spacial score (nSPS) is 13.1. The van der Waals surface area contributed by atoms with Gasteiger partial charge < -0.3 is 10.2 Å². The first-order valence-corrected chi connectivity index (χ1v) is 6.61. The molecule has 1 N–H and O–H groups in total. The smallest absolute Gasteiger partial charge is 0.273 e. The average molecular weight is 287 g/mol. The number of rotatable bonds is 3. The van der Waals surface area contributed by atoms with E-state index in [4.69, 9.17) is 0 Å². The Morgan fingerprint density at radius 3 is 2.81 bits per heavy atom. The highest BCUT2D eigenvalue weighted by molar-refractivity contribution is 5.74. The topological polar surface area (TPSA) is 58.4 Å². The molecular formula is C15H14FN3O2. The van der Waals surface area contributed by atoms with Gasteiger partial charge in [-0.05, 0) is 30.2 Å². The molecule has 0 bridgehead atoms. The molecule has 2 aromatic carbocycles. The highest BCUT2D eigenvalue weighted by Crippen LogP contribution is 2.37. The van der Waals surface area contributed by atoms with Crippen LogP contribution in [0.5, 0.6) is 0 Å². The molecule has 0 unspecified atom stereocenters. The van der Waals surface area contributed by atoms with Gasteiger partial charge in [-0.3, -0.25) is 10.1 Å². The van der Waals surface area contributed by atoms with Gasteiger partial charge in [0.05, 0.1) is 10.6 Å². The van der Waals surface area contributed by atoms with Gasteiger partial charge in [0.1, 0.15) is 5.82 Å². The van der Waals surface area contributed by atoms with Crippen molar-refractivity contribution >= 4 is 22.7 Å². The standard InChI is InChI=1S/C15H14FN3O2/c1-17-12-7-13(9-14(8-12)19(20)21)18-5-4-10-2-3-11(16)6-15(10)18/h2-3,6-9,17H,4-5H2,1H3. The highest BCUT2D eigenvalue weighted by atomic mass is 19.1. The lowest BCUT2D eigenvalue weighted by molar-refractivity contribution is -0.384. The predicted molar refractivity (Wildman–Crippen MR) is 79.8 cm³/mol. The Morgan fingerprint density at radius 2 is 2.10 bits per heavy atom. The third-order valence-electron chi connectivity index (χ3n) is 3.66. The second kappa shape index (κ2) is 5.05. The molecule has 0 radical (unpaired) electrons. The summed E-state index contributed by atoms with van der Waals surface area (Å²) in [6, 6.07) is 9.50. The third kappa shape index (κ3) is 2.40. The summed E-state index contributed by atoms with van der Waals surface area (Å²) < 4.78 is 13.5. The van der Waals surface area contributed by atoms with Crippen LogP contribution in [-0.4, -0.2) is 18.5 Å². The largest absolute Gasteiger partial charge is 0.388 e. The SMILES string of the molecule is CNc1cc(N2CCc3ccc(F)cc32)cc([N+](=O)[O-])c1. The number of anilines is 3. The van der Waals surface area contributed by atoms with Crippen LogP contribution in [0.25, 0.3) is 0 Å². The number of fused-ring (bicyclic) bond motifs is 1. The molecule has 1 aliphatic rings. The highest BCUT2D eigenvalue weighted by Gasteiger charge is 2.23. The van der Waals surface area contributed by atoms with E-state index in [1.165, 1.54) is 24.3 Å². The van der Waals surface area contributed by atoms with Crippen molar-refractivity contribution in [1.29, 1.82) is 0 Å². The molecule has 6 heteroatoms. The van der Waals surface area contributed by atoms with Crippen molar-refractivity contribution in [3.05, 3.63) is 57.9 Å². The summed E-state index contributed by atoms with van der Waals surface area (Å²) in [6.07, 6.45) is 0.799. The Labute approximate surface area is 121 Å². The number of hydrogen-bond acceptors (Lipinski definition) is 4. The van der Waals surface area contributed by atoms with Gasteiger partial charge in [-0.15, -0.1) is 0 Å². The first-order valence-electron chi connectivity index (χ1n) is 6.61. The maximum absolute atomic E-state index is 13.5. The first-order chi connectivity index (χ1) is 10.1. The van der Waals surface area contributed by atoms with Gasteiger partial charge in [-0.25, -0.2) is 4.39 Å². The molecule has 108 valence electrons. The lowest BCUT2D eigenvalue weighted by Crippen LogP contribution is -2.14. The van der Waals surface area contributed by atoms with Crippen molar-refractivity contribution in [3.63, 3.8) is 0 Å².